The van der Waals surface area contributed by atoms with E-state index in [4.69, 9.17) is 9.47 Å². The molecule has 32 heavy (non-hydrogen) atoms. The molecule has 0 radical (unpaired) electrons. The Labute approximate surface area is 189 Å². The summed E-state index contributed by atoms with van der Waals surface area (Å²) in [5.41, 5.74) is 4.10. The molecule has 0 aliphatic heterocycles. The van der Waals surface area contributed by atoms with Crippen LogP contribution in [-0.4, -0.2) is 21.9 Å². The summed E-state index contributed by atoms with van der Waals surface area (Å²) in [4.78, 5) is 20.2. The predicted octanol–water partition coefficient (Wildman–Crippen LogP) is 5.75. The van der Waals surface area contributed by atoms with Crippen molar-refractivity contribution in [3.63, 3.8) is 0 Å². The minimum absolute atomic E-state index is 0.190. The second-order valence-electron chi connectivity index (χ2n) is 8.82. The fourth-order valence-corrected chi connectivity index (χ4v) is 4.94. The van der Waals surface area contributed by atoms with E-state index in [1.54, 1.807) is 6.20 Å². The lowest BCUT2D eigenvalue weighted by Crippen LogP contribution is -2.18. The van der Waals surface area contributed by atoms with E-state index in [0.29, 0.717) is 25.6 Å². The Bertz CT molecular complexity index is 1040. The van der Waals surface area contributed by atoms with Crippen LogP contribution in [0.3, 0.4) is 0 Å². The van der Waals surface area contributed by atoms with Crippen molar-refractivity contribution in [3.8, 4) is 5.75 Å². The molecule has 1 heterocycles. The zero-order chi connectivity index (χ0) is 21.8. The molecule has 0 saturated heterocycles. The smallest absolute Gasteiger partial charge is 0.163 e. The number of fused-ring (bicyclic) bond motifs is 1. The second-order valence-corrected chi connectivity index (χ2v) is 8.82. The monoisotopic (exact) mass is 430 g/mol. The largest absolute Gasteiger partial charge is 0.485 e. The fourth-order valence-electron chi connectivity index (χ4n) is 4.94. The predicted molar refractivity (Wildman–Crippen MR) is 123 cm³/mol. The SMILES string of the molecule is O=C1CCCc2c1ccc(O[C@@H](Cc1ncc[nH]1)c1ccccc1)c2COC1CCCC1. The first kappa shape index (κ1) is 21.0. The van der Waals surface area contributed by atoms with Crippen molar-refractivity contribution >= 4 is 5.78 Å². The van der Waals surface area contributed by atoms with Crippen LogP contribution in [-0.2, 0) is 24.2 Å². The molecule has 1 aromatic heterocycles. The van der Waals surface area contributed by atoms with Crippen LogP contribution in [0.4, 0.5) is 0 Å². The molecular formula is C27H30N2O3. The van der Waals surface area contributed by atoms with Gasteiger partial charge >= 0.3 is 0 Å². The van der Waals surface area contributed by atoms with Crippen LogP contribution in [0.5, 0.6) is 5.75 Å². The molecule has 0 amide bonds. The highest BCUT2D eigenvalue weighted by molar-refractivity contribution is 5.99. The number of aromatic nitrogens is 2. The van der Waals surface area contributed by atoms with Gasteiger partial charge in [-0.05, 0) is 48.9 Å². The van der Waals surface area contributed by atoms with Gasteiger partial charge in [0.1, 0.15) is 17.7 Å². The van der Waals surface area contributed by atoms with Crippen LogP contribution in [0, 0.1) is 0 Å². The van der Waals surface area contributed by atoms with Gasteiger partial charge in [0.05, 0.1) is 12.7 Å². The van der Waals surface area contributed by atoms with E-state index in [0.717, 1.165) is 59.5 Å². The lowest BCUT2D eigenvalue weighted by Gasteiger charge is -2.26. The highest BCUT2D eigenvalue weighted by Crippen LogP contribution is 2.36. The van der Waals surface area contributed by atoms with Crippen molar-refractivity contribution in [3.05, 3.63) is 82.9 Å². The van der Waals surface area contributed by atoms with Crippen molar-refractivity contribution < 1.29 is 14.3 Å². The summed E-state index contributed by atoms with van der Waals surface area (Å²) in [6.45, 7) is 0.499. The van der Waals surface area contributed by atoms with Gasteiger partial charge in [0.15, 0.2) is 5.78 Å². The highest BCUT2D eigenvalue weighted by atomic mass is 16.5. The topological polar surface area (TPSA) is 64.2 Å². The molecule has 0 spiro atoms. The zero-order valence-electron chi connectivity index (χ0n) is 18.4. The second kappa shape index (κ2) is 9.70. The molecular weight excluding hydrogens is 400 g/mol. The molecule has 2 aliphatic carbocycles. The standard InChI is InChI=1S/C27H30N2O3/c30-24-12-6-11-21-22(24)13-14-25(23(21)18-31-20-9-4-5-10-20)32-26(17-27-28-15-16-29-27)19-7-2-1-3-8-19/h1-3,7-8,13-16,20,26H,4-6,9-12,17-18H2,(H,28,29)/t26-/m0/s1. The van der Waals surface area contributed by atoms with Crippen LogP contribution >= 0.6 is 0 Å². The minimum atomic E-state index is -0.190. The summed E-state index contributed by atoms with van der Waals surface area (Å²) in [6, 6.07) is 14.2. The average Bonchev–Trinajstić information content (AvgIpc) is 3.53. The van der Waals surface area contributed by atoms with Gasteiger partial charge in [0.2, 0.25) is 0 Å². The molecule has 5 rings (SSSR count). The number of imidazole rings is 1. The number of nitrogens with zero attached hydrogens (tertiary/aromatic N) is 1. The Balaban J connectivity index is 1.47. The Hall–Kier alpha value is -2.92. The van der Waals surface area contributed by atoms with Gasteiger partial charge in [-0.2, -0.15) is 0 Å². The maximum absolute atomic E-state index is 12.6. The third-order valence-electron chi connectivity index (χ3n) is 6.66. The molecule has 5 nitrogen and oxygen atoms in total. The number of ether oxygens (including phenoxy) is 2. The molecule has 3 aromatic rings. The van der Waals surface area contributed by atoms with Gasteiger partial charge in [0, 0.05) is 36.4 Å². The highest BCUT2D eigenvalue weighted by Gasteiger charge is 2.26. The fraction of sp³-hybridized carbons (Fsp3) is 0.407. The number of Topliss-reactive ketones (excluding diaryl/α,β-unsaturated/α-hetero) is 1. The van der Waals surface area contributed by atoms with Crippen molar-refractivity contribution in [2.24, 2.45) is 0 Å². The number of carbonyl (C=O) groups is 1. The number of H-pyrrole nitrogens is 1. The minimum Gasteiger partial charge on any atom is -0.485 e. The summed E-state index contributed by atoms with van der Waals surface area (Å²) in [7, 11) is 0. The van der Waals surface area contributed by atoms with E-state index in [1.165, 1.54) is 12.8 Å². The molecule has 1 N–H and O–H groups in total. The lowest BCUT2D eigenvalue weighted by molar-refractivity contribution is 0.0429. The van der Waals surface area contributed by atoms with Gasteiger partial charge < -0.3 is 14.5 Å². The van der Waals surface area contributed by atoms with Crippen LogP contribution < -0.4 is 4.74 Å². The van der Waals surface area contributed by atoms with Crippen molar-refractivity contribution in [1.82, 2.24) is 9.97 Å². The molecule has 1 saturated carbocycles. The van der Waals surface area contributed by atoms with Gasteiger partial charge in [-0.1, -0.05) is 43.2 Å². The summed E-state index contributed by atoms with van der Waals surface area (Å²) in [5, 5.41) is 0. The number of aromatic amines is 1. The molecule has 2 aromatic carbocycles. The first-order chi connectivity index (χ1) is 15.8. The molecule has 166 valence electrons. The number of carbonyl (C=O) groups excluding carboxylic acids is 1. The number of rotatable bonds is 8. The summed E-state index contributed by atoms with van der Waals surface area (Å²) in [6.07, 6.45) is 11.5. The molecule has 5 heteroatoms. The molecule has 0 bridgehead atoms. The molecule has 1 fully saturated rings. The maximum atomic E-state index is 12.6. The van der Waals surface area contributed by atoms with Crippen LogP contribution in [0.1, 0.15) is 77.5 Å². The number of hydrogen-bond acceptors (Lipinski definition) is 4. The Morgan fingerprint density at radius 2 is 1.88 bits per heavy atom. The van der Waals surface area contributed by atoms with Gasteiger partial charge in [0.25, 0.3) is 0 Å². The van der Waals surface area contributed by atoms with E-state index < -0.39 is 0 Å². The normalized spacial score (nSPS) is 17.3. The molecule has 0 unspecified atom stereocenters. The van der Waals surface area contributed by atoms with Crippen molar-refractivity contribution in [2.75, 3.05) is 0 Å². The van der Waals surface area contributed by atoms with E-state index in [1.807, 2.05) is 36.5 Å². The van der Waals surface area contributed by atoms with Gasteiger partial charge in [-0.25, -0.2) is 4.98 Å². The van der Waals surface area contributed by atoms with Gasteiger partial charge in [-0.15, -0.1) is 0 Å². The average molecular weight is 431 g/mol. The van der Waals surface area contributed by atoms with Crippen LogP contribution in [0.2, 0.25) is 0 Å². The summed E-state index contributed by atoms with van der Waals surface area (Å²) >= 11 is 0. The first-order valence-electron chi connectivity index (χ1n) is 11.8. The van der Waals surface area contributed by atoms with E-state index in [-0.39, 0.29) is 11.9 Å². The Morgan fingerprint density at radius 1 is 1.03 bits per heavy atom. The van der Waals surface area contributed by atoms with Crippen LogP contribution in [0.15, 0.2) is 54.9 Å². The van der Waals surface area contributed by atoms with Crippen molar-refractivity contribution in [2.45, 2.75) is 70.2 Å². The summed E-state index contributed by atoms with van der Waals surface area (Å²) < 4.78 is 13.0. The Morgan fingerprint density at radius 3 is 2.66 bits per heavy atom. The first-order valence-corrected chi connectivity index (χ1v) is 11.8. The third kappa shape index (κ3) is 4.63. The van der Waals surface area contributed by atoms with E-state index in [2.05, 4.69) is 22.1 Å². The van der Waals surface area contributed by atoms with Crippen molar-refractivity contribution in [1.29, 1.82) is 0 Å². The number of benzene rings is 2. The quantitative estimate of drug-likeness (QED) is 0.494. The van der Waals surface area contributed by atoms with Crippen LogP contribution in [0.25, 0.3) is 0 Å². The number of nitrogens with one attached hydrogen (secondary N) is 1. The Kier molecular flexibility index (Phi) is 6.35. The third-order valence-corrected chi connectivity index (χ3v) is 6.66. The maximum Gasteiger partial charge on any atom is 0.163 e. The van der Waals surface area contributed by atoms with Gasteiger partial charge in [-0.3, -0.25) is 4.79 Å². The molecule has 2 aliphatic rings. The summed E-state index contributed by atoms with van der Waals surface area (Å²) in [5.74, 6) is 1.93. The van der Waals surface area contributed by atoms with E-state index in [9.17, 15) is 4.79 Å². The zero-order valence-corrected chi connectivity index (χ0v) is 18.4. The lowest BCUT2D eigenvalue weighted by atomic mass is 9.87. The molecule has 1 atom stereocenters. The van der Waals surface area contributed by atoms with E-state index >= 15 is 0 Å². The number of hydrogen-bond donors (Lipinski definition) is 1. The number of ketones is 1.